The van der Waals surface area contributed by atoms with Crippen LogP contribution in [-0.2, 0) is 19.5 Å². The minimum absolute atomic E-state index is 0.156. The lowest BCUT2D eigenvalue weighted by Crippen LogP contribution is -2.31. The van der Waals surface area contributed by atoms with E-state index in [0.29, 0.717) is 22.7 Å². The quantitative estimate of drug-likeness (QED) is 0.423. The molecule has 170 valence electrons. The number of benzene rings is 2. The summed E-state index contributed by atoms with van der Waals surface area (Å²) in [6.07, 6.45) is 2.84. The number of nitrogens with one attached hydrogen (secondary N) is 2. The molecule has 2 aromatic carbocycles. The number of hydrogen-bond acceptors (Lipinski definition) is 5. The summed E-state index contributed by atoms with van der Waals surface area (Å²) in [6.45, 7) is 2.21. The summed E-state index contributed by atoms with van der Waals surface area (Å²) in [4.78, 5) is 32.2. The van der Waals surface area contributed by atoms with E-state index in [1.165, 1.54) is 22.5 Å². The van der Waals surface area contributed by atoms with Crippen molar-refractivity contribution in [1.29, 1.82) is 0 Å². The Balaban J connectivity index is 1.14. The molecule has 0 radical (unpaired) electrons. The molecule has 2 amide bonds. The number of hydrogen-bond donors (Lipinski definition) is 2. The fourth-order valence-corrected chi connectivity index (χ4v) is 4.61. The molecule has 1 aliphatic heterocycles. The number of carbonyl (C=O) groups excluding carboxylic acids is 2. The Morgan fingerprint density at radius 3 is 2.47 bits per heavy atom. The predicted octanol–water partition coefficient (Wildman–Crippen LogP) is 4.89. The topological polar surface area (TPSA) is 74.3 Å². The predicted molar refractivity (Wildman–Crippen MR) is 135 cm³/mol. The molecule has 0 spiro atoms. The highest BCUT2D eigenvalue weighted by Gasteiger charge is 2.17. The number of fused-ring (bicyclic) bond motifs is 1. The van der Waals surface area contributed by atoms with Gasteiger partial charge in [0.05, 0.1) is 4.88 Å². The summed E-state index contributed by atoms with van der Waals surface area (Å²) in [5, 5.41) is 7.62. The minimum Gasteiger partial charge on any atom is -0.352 e. The van der Waals surface area contributed by atoms with Crippen LogP contribution in [0.25, 0.3) is 0 Å². The van der Waals surface area contributed by atoms with Crippen molar-refractivity contribution in [1.82, 2.24) is 10.3 Å². The molecule has 7 heteroatoms. The summed E-state index contributed by atoms with van der Waals surface area (Å²) in [5.74, 6) is 0.620. The zero-order chi connectivity index (χ0) is 23.3. The molecule has 2 aromatic heterocycles. The van der Waals surface area contributed by atoms with Crippen molar-refractivity contribution in [3.8, 4) is 0 Å². The van der Waals surface area contributed by atoms with Gasteiger partial charge in [-0.15, -0.1) is 11.3 Å². The highest BCUT2D eigenvalue weighted by atomic mass is 32.1. The van der Waals surface area contributed by atoms with Crippen molar-refractivity contribution in [3.63, 3.8) is 0 Å². The molecule has 0 fully saturated rings. The van der Waals surface area contributed by atoms with Gasteiger partial charge in [-0.3, -0.25) is 9.59 Å². The Bertz CT molecular complexity index is 1290. The first-order chi connectivity index (χ1) is 16.7. The van der Waals surface area contributed by atoms with E-state index in [1.54, 1.807) is 30.3 Å². The number of aromatic nitrogens is 1. The van der Waals surface area contributed by atoms with Gasteiger partial charge in [0.25, 0.3) is 11.8 Å². The molecule has 0 bridgehead atoms. The number of amides is 2. The molecule has 2 N–H and O–H groups in total. The van der Waals surface area contributed by atoms with Crippen molar-refractivity contribution in [3.05, 3.63) is 112 Å². The Morgan fingerprint density at radius 2 is 1.74 bits per heavy atom. The fraction of sp³-hybridized carbons (Fsp3) is 0.148. The van der Waals surface area contributed by atoms with Crippen LogP contribution < -0.4 is 15.5 Å². The number of nitrogens with zero attached hydrogens (tertiary/aromatic N) is 2. The van der Waals surface area contributed by atoms with Crippen LogP contribution in [0.4, 0.5) is 11.5 Å². The molecule has 0 atom stereocenters. The number of carbonyl (C=O) groups is 2. The van der Waals surface area contributed by atoms with Crippen LogP contribution in [0.3, 0.4) is 0 Å². The molecule has 5 rings (SSSR count). The Morgan fingerprint density at radius 1 is 0.912 bits per heavy atom. The molecule has 34 heavy (non-hydrogen) atoms. The molecule has 0 unspecified atom stereocenters. The van der Waals surface area contributed by atoms with Gasteiger partial charge in [-0.2, -0.15) is 0 Å². The Labute approximate surface area is 202 Å². The van der Waals surface area contributed by atoms with E-state index in [4.69, 9.17) is 0 Å². The highest BCUT2D eigenvalue weighted by molar-refractivity contribution is 7.12. The van der Waals surface area contributed by atoms with E-state index in [1.807, 2.05) is 29.8 Å². The summed E-state index contributed by atoms with van der Waals surface area (Å²) < 4.78 is 0. The number of anilines is 2. The first-order valence-electron chi connectivity index (χ1n) is 11.2. The van der Waals surface area contributed by atoms with Crippen LogP contribution >= 0.6 is 11.3 Å². The fourth-order valence-electron chi connectivity index (χ4n) is 3.99. The molecular weight excluding hydrogens is 444 g/mol. The van der Waals surface area contributed by atoms with Gasteiger partial charge in [-0.1, -0.05) is 36.4 Å². The van der Waals surface area contributed by atoms with Gasteiger partial charge in [-0.25, -0.2) is 4.98 Å². The van der Waals surface area contributed by atoms with Crippen LogP contribution in [0, 0.1) is 0 Å². The number of thiophene rings is 1. The molecule has 0 saturated carbocycles. The lowest BCUT2D eigenvalue weighted by Gasteiger charge is -2.29. The van der Waals surface area contributed by atoms with Crippen LogP contribution in [-0.4, -0.2) is 23.3 Å². The van der Waals surface area contributed by atoms with Gasteiger partial charge in [-0.05, 0) is 64.9 Å². The van der Waals surface area contributed by atoms with E-state index in [0.717, 1.165) is 30.9 Å². The maximum absolute atomic E-state index is 12.5. The summed E-state index contributed by atoms with van der Waals surface area (Å²) in [7, 11) is 0. The third-order valence-corrected chi connectivity index (χ3v) is 6.74. The molecule has 0 saturated heterocycles. The summed E-state index contributed by atoms with van der Waals surface area (Å²) >= 11 is 1.39. The third kappa shape index (κ3) is 5.00. The summed E-state index contributed by atoms with van der Waals surface area (Å²) in [6, 6.07) is 23.0. The zero-order valence-electron chi connectivity index (χ0n) is 18.5. The van der Waals surface area contributed by atoms with E-state index < -0.39 is 0 Å². The van der Waals surface area contributed by atoms with E-state index in [2.05, 4.69) is 44.8 Å². The standard InChI is InChI=1S/C27H24N4O2S/c32-26(21-8-10-23(11-9-21)30-27(33)24-6-3-15-34-24)29-17-19-7-12-25(28-16-19)31-14-13-20-4-1-2-5-22(20)18-31/h1-12,15-16H,13-14,17-18H2,(H,29,32)(H,30,33). The minimum atomic E-state index is -0.173. The average molecular weight is 469 g/mol. The van der Waals surface area contributed by atoms with Crippen molar-refractivity contribution in [2.24, 2.45) is 0 Å². The monoisotopic (exact) mass is 468 g/mol. The van der Waals surface area contributed by atoms with Crippen LogP contribution in [0.15, 0.2) is 84.4 Å². The van der Waals surface area contributed by atoms with Crippen LogP contribution in [0.1, 0.15) is 36.7 Å². The molecule has 1 aliphatic rings. The van der Waals surface area contributed by atoms with Crippen LogP contribution in [0.2, 0.25) is 0 Å². The number of rotatable bonds is 6. The highest BCUT2D eigenvalue weighted by Crippen LogP contribution is 2.23. The lowest BCUT2D eigenvalue weighted by molar-refractivity contribution is 0.0950. The molecule has 3 heterocycles. The van der Waals surface area contributed by atoms with Crippen molar-refractivity contribution < 1.29 is 9.59 Å². The second-order valence-corrected chi connectivity index (χ2v) is 9.10. The van der Waals surface area contributed by atoms with Crippen LogP contribution in [0.5, 0.6) is 0 Å². The van der Waals surface area contributed by atoms with E-state index >= 15 is 0 Å². The van der Waals surface area contributed by atoms with E-state index in [9.17, 15) is 9.59 Å². The zero-order valence-corrected chi connectivity index (χ0v) is 19.3. The lowest BCUT2D eigenvalue weighted by atomic mass is 10.00. The normalized spacial score (nSPS) is 12.6. The Kier molecular flexibility index (Phi) is 6.35. The largest absolute Gasteiger partial charge is 0.352 e. The number of pyridine rings is 1. The second kappa shape index (κ2) is 9.89. The van der Waals surface area contributed by atoms with Gasteiger partial charge in [0, 0.05) is 37.1 Å². The molecule has 0 aliphatic carbocycles. The molecular formula is C27H24N4O2S. The van der Waals surface area contributed by atoms with Gasteiger partial charge in [0.15, 0.2) is 0 Å². The summed E-state index contributed by atoms with van der Waals surface area (Å²) in [5.41, 5.74) is 4.88. The third-order valence-electron chi connectivity index (χ3n) is 5.87. The van der Waals surface area contributed by atoms with Crippen molar-refractivity contribution in [2.75, 3.05) is 16.8 Å². The molecule has 4 aromatic rings. The van der Waals surface area contributed by atoms with E-state index in [-0.39, 0.29) is 11.8 Å². The smallest absolute Gasteiger partial charge is 0.265 e. The van der Waals surface area contributed by atoms with Gasteiger partial charge >= 0.3 is 0 Å². The Hall–Kier alpha value is -3.97. The SMILES string of the molecule is O=C(NCc1ccc(N2CCc3ccccc3C2)nc1)c1ccc(NC(=O)c2cccs2)cc1. The first kappa shape index (κ1) is 21.9. The molecule has 6 nitrogen and oxygen atoms in total. The van der Waals surface area contributed by atoms with Crippen molar-refractivity contribution >= 4 is 34.7 Å². The second-order valence-electron chi connectivity index (χ2n) is 8.16. The average Bonchev–Trinajstić information content (AvgIpc) is 3.43. The van der Waals surface area contributed by atoms with Crippen molar-refractivity contribution in [2.45, 2.75) is 19.5 Å². The maximum atomic E-state index is 12.5. The van der Waals surface area contributed by atoms with Gasteiger partial charge in [0.2, 0.25) is 0 Å². The van der Waals surface area contributed by atoms with Gasteiger partial charge < -0.3 is 15.5 Å². The van der Waals surface area contributed by atoms with Gasteiger partial charge in [0.1, 0.15) is 5.82 Å². The maximum Gasteiger partial charge on any atom is 0.265 e. The first-order valence-corrected chi connectivity index (χ1v) is 12.0.